The monoisotopic (exact) mass is 476 g/mol. The topological polar surface area (TPSA) is 49.4 Å². The number of nitrogens with one attached hydrogen (secondary N) is 1. The summed E-state index contributed by atoms with van der Waals surface area (Å²) in [7, 11) is 0. The van der Waals surface area contributed by atoms with E-state index in [9.17, 15) is 9.59 Å². The van der Waals surface area contributed by atoms with Gasteiger partial charge in [-0.25, -0.2) is 0 Å². The van der Waals surface area contributed by atoms with Gasteiger partial charge in [0.1, 0.15) is 6.04 Å². The molecular weight excluding hydrogens is 444 g/mol. The van der Waals surface area contributed by atoms with Crippen LogP contribution in [0.4, 0.5) is 0 Å². The summed E-state index contributed by atoms with van der Waals surface area (Å²) in [5.41, 5.74) is 2.93. The first kappa shape index (κ1) is 25.5. The number of halogens is 1. The van der Waals surface area contributed by atoms with Crippen LogP contribution in [-0.4, -0.2) is 28.8 Å². The molecule has 3 aromatic carbocycles. The fraction of sp³-hybridized carbons (Fsp3) is 0.310. The molecule has 0 saturated carbocycles. The molecule has 2 atom stereocenters. The van der Waals surface area contributed by atoms with Crippen LogP contribution in [0.15, 0.2) is 84.9 Å². The minimum Gasteiger partial charge on any atom is -0.352 e. The lowest BCUT2D eigenvalue weighted by atomic mass is 10.0. The minimum atomic E-state index is -0.643. The van der Waals surface area contributed by atoms with E-state index in [1.807, 2.05) is 98.8 Å². The van der Waals surface area contributed by atoms with Crippen molar-refractivity contribution in [1.29, 1.82) is 0 Å². The van der Waals surface area contributed by atoms with Crippen LogP contribution < -0.4 is 5.32 Å². The summed E-state index contributed by atoms with van der Waals surface area (Å²) in [6, 6.07) is 26.6. The zero-order valence-corrected chi connectivity index (χ0v) is 20.7. The maximum Gasteiger partial charge on any atom is 0.243 e. The lowest BCUT2D eigenvalue weighted by Gasteiger charge is -2.32. The van der Waals surface area contributed by atoms with Gasteiger partial charge in [-0.3, -0.25) is 9.59 Å². The highest BCUT2D eigenvalue weighted by Gasteiger charge is 2.31. The SMILES string of the molecule is CC[C@H](C)NC(=O)[C@H](Cc1ccccc1)N(Cc1ccccc1Cl)C(=O)CCc1ccccc1. The molecule has 0 aliphatic carbocycles. The van der Waals surface area contributed by atoms with Crippen LogP contribution in [0.2, 0.25) is 5.02 Å². The molecule has 2 amide bonds. The molecule has 0 aliphatic rings. The molecule has 3 rings (SSSR count). The summed E-state index contributed by atoms with van der Waals surface area (Å²) in [6.07, 6.45) is 2.18. The Morgan fingerprint density at radius 3 is 2.09 bits per heavy atom. The van der Waals surface area contributed by atoms with Crippen molar-refractivity contribution >= 4 is 23.4 Å². The molecular formula is C29H33ClN2O2. The Labute approximate surface area is 207 Å². The van der Waals surface area contributed by atoms with Crippen LogP contribution in [0.3, 0.4) is 0 Å². The first-order valence-electron chi connectivity index (χ1n) is 11.9. The average Bonchev–Trinajstić information content (AvgIpc) is 2.86. The molecule has 34 heavy (non-hydrogen) atoms. The van der Waals surface area contributed by atoms with Crippen LogP contribution in [0.1, 0.15) is 43.4 Å². The molecule has 4 nitrogen and oxygen atoms in total. The van der Waals surface area contributed by atoms with Crippen molar-refractivity contribution in [3.05, 3.63) is 107 Å². The molecule has 0 fully saturated rings. The van der Waals surface area contributed by atoms with E-state index >= 15 is 0 Å². The van der Waals surface area contributed by atoms with Gasteiger partial charge in [0.2, 0.25) is 11.8 Å². The first-order valence-corrected chi connectivity index (χ1v) is 12.3. The molecule has 0 unspecified atom stereocenters. The highest BCUT2D eigenvalue weighted by Crippen LogP contribution is 2.21. The number of aryl methyl sites for hydroxylation is 1. The van der Waals surface area contributed by atoms with Crippen molar-refractivity contribution in [3.63, 3.8) is 0 Å². The van der Waals surface area contributed by atoms with Gasteiger partial charge in [0, 0.05) is 30.5 Å². The number of amides is 2. The molecule has 1 N–H and O–H groups in total. The number of benzene rings is 3. The van der Waals surface area contributed by atoms with E-state index < -0.39 is 6.04 Å². The lowest BCUT2D eigenvalue weighted by molar-refractivity contribution is -0.141. The summed E-state index contributed by atoms with van der Waals surface area (Å²) < 4.78 is 0. The molecule has 0 bridgehead atoms. The van der Waals surface area contributed by atoms with E-state index in [1.54, 1.807) is 4.90 Å². The predicted octanol–water partition coefficient (Wildman–Crippen LogP) is 5.83. The van der Waals surface area contributed by atoms with Gasteiger partial charge in [0.05, 0.1) is 0 Å². The smallest absolute Gasteiger partial charge is 0.243 e. The number of rotatable bonds is 11. The third-order valence-corrected chi connectivity index (χ3v) is 6.41. The predicted molar refractivity (Wildman–Crippen MR) is 139 cm³/mol. The van der Waals surface area contributed by atoms with Crippen LogP contribution in [0, 0.1) is 0 Å². The van der Waals surface area contributed by atoms with Crippen molar-refractivity contribution in [2.24, 2.45) is 0 Å². The molecule has 0 heterocycles. The number of carbonyl (C=O) groups excluding carboxylic acids is 2. The quantitative estimate of drug-likeness (QED) is 0.378. The van der Waals surface area contributed by atoms with E-state index in [0.29, 0.717) is 24.3 Å². The van der Waals surface area contributed by atoms with E-state index in [2.05, 4.69) is 5.32 Å². The molecule has 3 aromatic rings. The summed E-state index contributed by atoms with van der Waals surface area (Å²) in [6.45, 7) is 4.29. The van der Waals surface area contributed by atoms with Crippen LogP contribution >= 0.6 is 11.6 Å². The van der Waals surface area contributed by atoms with Gasteiger partial charge in [-0.1, -0.05) is 97.4 Å². The van der Waals surface area contributed by atoms with E-state index in [-0.39, 0.29) is 24.4 Å². The summed E-state index contributed by atoms with van der Waals surface area (Å²) in [5, 5.41) is 3.68. The van der Waals surface area contributed by atoms with Gasteiger partial charge >= 0.3 is 0 Å². The second-order valence-electron chi connectivity index (χ2n) is 8.62. The van der Waals surface area contributed by atoms with Crippen molar-refractivity contribution in [2.75, 3.05) is 0 Å². The minimum absolute atomic E-state index is 0.0207. The van der Waals surface area contributed by atoms with Gasteiger partial charge in [-0.05, 0) is 42.5 Å². The third-order valence-electron chi connectivity index (χ3n) is 6.04. The first-order chi connectivity index (χ1) is 16.5. The number of nitrogens with zero attached hydrogens (tertiary/aromatic N) is 1. The summed E-state index contributed by atoms with van der Waals surface area (Å²) in [5.74, 6) is -0.206. The second-order valence-corrected chi connectivity index (χ2v) is 9.03. The van der Waals surface area contributed by atoms with E-state index in [1.165, 1.54) is 0 Å². The van der Waals surface area contributed by atoms with Crippen LogP contribution in [0.25, 0.3) is 0 Å². The van der Waals surface area contributed by atoms with Gasteiger partial charge in [0.25, 0.3) is 0 Å². The number of hydrogen-bond acceptors (Lipinski definition) is 2. The van der Waals surface area contributed by atoms with Gasteiger partial charge in [-0.15, -0.1) is 0 Å². The highest BCUT2D eigenvalue weighted by molar-refractivity contribution is 6.31. The molecule has 5 heteroatoms. The lowest BCUT2D eigenvalue weighted by Crippen LogP contribution is -2.52. The van der Waals surface area contributed by atoms with Crippen LogP contribution in [-0.2, 0) is 29.0 Å². The van der Waals surface area contributed by atoms with Gasteiger partial charge in [-0.2, -0.15) is 0 Å². The largest absolute Gasteiger partial charge is 0.352 e. The Bertz CT molecular complexity index is 1060. The Hall–Kier alpha value is -3.11. The fourth-order valence-electron chi connectivity index (χ4n) is 3.84. The molecule has 0 radical (unpaired) electrons. The second kappa shape index (κ2) is 13.0. The Balaban J connectivity index is 1.92. The number of hydrogen-bond donors (Lipinski definition) is 1. The molecule has 0 spiro atoms. The molecule has 0 saturated heterocycles. The summed E-state index contributed by atoms with van der Waals surface area (Å²) in [4.78, 5) is 28.8. The normalized spacial score (nSPS) is 12.6. The molecule has 178 valence electrons. The van der Waals surface area contributed by atoms with E-state index in [4.69, 9.17) is 11.6 Å². The Kier molecular flexibility index (Phi) is 9.72. The van der Waals surface area contributed by atoms with Crippen molar-refractivity contribution in [1.82, 2.24) is 10.2 Å². The Morgan fingerprint density at radius 1 is 0.882 bits per heavy atom. The van der Waals surface area contributed by atoms with Crippen molar-refractivity contribution < 1.29 is 9.59 Å². The zero-order chi connectivity index (χ0) is 24.3. The van der Waals surface area contributed by atoms with Crippen molar-refractivity contribution in [2.45, 2.75) is 58.2 Å². The summed E-state index contributed by atoms with van der Waals surface area (Å²) >= 11 is 6.46. The van der Waals surface area contributed by atoms with Crippen molar-refractivity contribution in [3.8, 4) is 0 Å². The fourth-order valence-corrected chi connectivity index (χ4v) is 4.04. The Morgan fingerprint density at radius 2 is 1.47 bits per heavy atom. The maximum atomic E-state index is 13.6. The number of carbonyl (C=O) groups is 2. The van der Waals surface area contributed by atoms with Crippen LogP contribution in [0.5, 0.6) is 0 Å². The van der Waals surface area contributed by atoms with Gasteiger partial charge < -0.3 is 10.2 Å². The zero-order valence-electron chi connectivity index (χ0n) is 19.9. The standard InChI is InChI=1S/C29H33ClN2O2/c1-3-22(2)31-29(34)27(20-24-14-8-5-9-15-24)32(21-25-16-10-11-17-26(25)30)28(33)19-18-23-12-6-4-7-13-23/h4-17,22,27H,3,18-21H2,1-2H3,(H,31,34)/t22-,27-/m0/s1. The van der Waals surface area contributed by atoms with Gasteiger partial charge in [0.15, 0.2) is 0 Å². The molecule has 0 aliphatic heterocycles. The van der Waals surface area contributed by atoms with E-state index in [0.717, 1.165) is 23.1 Å². The average molecular weight is 477 g/mol. The maximum absolute atomic E-state index is 13.6. The third kappa shape index (κ3) is 7.46. The molecule has 0 aromatic heterocycles. The highest BCUT2D eigenvalue weighted by atomic mass is 35.5.